The number of hydrogen-bond donors (Lipinski definition) is 1. The molecule has 0 heterocycles. The minimum absolute atomic E-state index is 0.0114. The Bertz CT molecular complexity index is 403. The van der Waals surface area contributed by atoms with Crippen LogP contribution in [0.15, 0.2) is 0 Å². The molecule has 0 aliphatic heterocycles. The quantitative estimate of drug-likeness (QED) is 0.617. The van der Waals surface area contributed by atoms with Gasteiger partial charge in [0.2, 0.25) is 0 Å². The van der Waals surface area contributed by atoms with Gasteiger partial charge < -0.3 is 14.6 Å². The third kappa shape index (κ3) is 5.20. The number of ether oxygens (including phenoxy) is 2. The van der Waals surface area contributed by atoms with E-state index in [1.54, 1.807) is 0 Å². The summed E-state index contributed by atoms with van der Waals surface area (Å²) in [4.78, 5) is 24.9. The highest BCUT2D eigenvalue weighted by atomic mass is 16.5. The number of hydrogen-bond acceptors (Lipinski definition) is 5. The second-order valence-corrected chi connectivity index (χ2v) is 7.22. The average molecular weight is 342 g/mol. The zero-order valence-corrected chi connectivity index (χ0v) is 15.7. The molecule has 1 aliphatic rings. The van der Waals surface area contributed by atoms with Crippen LogP contribution < -0.4 is 0 Å². The van der Waals surface area contributed by atoms with Crippen LogP contribution in [0.4, 0.5) is 0 Å². The molecule has 0 saturated heterocycles. The van der Waals surface area contributed by atoms with E-state index in [1.165, 1.54) is 20.0 Å². The second kappa shape index (κ2) is 10.0. The van der Waals surface area contributed by atoms with Crippen molar-refractivity contribution in [1.29, 1.82) is 0 Å². The lowest BCUT2D eigenvalue weighted by atomic mass is 9.70. The minimum Gasteiger partial charge on any atom is -0.469 e. The summed E-state index contributed by atoms with van der Waals surface area (Å²) >= 11 is 0. The molecule has 5 heteroatoms. The molecular weight excluding hydrogens is 308 g/mol. The summed E-state index contributed by atoms with van der Waals surface area (Å²) in [6.45, 7) is 5.76. The van der Waals surface area contributed by atoms with E-state index in [4.69, 9.17) is 14.6 Å². The van der Waals surface area contributed by atoms with Crippen molar-refractivity contribution < 1.29 is 24.2 Å². The van der Waals surface area contributed by atoms with E-state index in [2.05, 4.69) is 6.92 Å². The molecule has 1 fully saturated rings. The molecule has 1 N–H and O–H groups in total. The van der Waals surface area contributed by atoms with E-state index in [0.29, 0.717) is 18.8 Å². The highest BCUT2D eigenvalue weighted by Crippen LogP contribution is 2.43. The summed E-state index contributed by atoms with van der Waals surface area (Å²) in [5, 5.41) is 8.96. The third-order valence-electron chi connectivity index (χ3n) is 5.76. The van der Waals surface area contributed by atoms with Crippen LogP contribution in [0, 0.1) is 23.2 Å². The Labute approximate surface area is 146 Å². The molecule has 0 spiro atoms. The van der Waals surface area contributed by atoms with Crippen LogP contribution in [0.25, 0.3) is 0 Å². The summed E-state index contributed by atoms with van der Waals surface area (Å²) < 4.78 is 10.2. The number of aliphatic hydroxyl groups is 1. The number of carbonyl (C=O) groups excluding carboxylic acids is 2. The molecule has 0 amide bonds. The highest BCUT2D eigenvalue weighted by molar-refractivity contribution is 5.78. The SMILES string of the molecule is CCC(C1CCCC1)C(CC(C)(CC)C(=O)OC)C(=O)OCCO. The fraction of sp³-hybridized carbons (Fsp3) is 0.895. The van der Waals surface area contributed by atoms with Gasteiger partial charge in [-0.25, -0.2) is 0 Å². The summed E-state index contributed by atoms with van der Waals surface area (Å²) in [6.07, 6.45) is 6.65. The van der Waals surface area contributed by atoms with Crippen molar-refractivity contribution in [2.45, 2.75) is 65.7 Å². The Morgan fingerprint density at radius 2 is 1.88 bits per heavy atom. The van der Waals surface area contributed by atoms with Gasteiger partial charge in [0.15, 0.2) is 0 Å². The molecule has 1 saturated carbocycles. The first-order valence-corrected chi connectivity index (χ1v) is 9.29. The second-order valence-electron chi connectivity index (χ2n) is 7.22. The van der Waals surface area contributed by atoms with Gasteiger partial charge in [-0.05, 0) is 31.6 Å². The van der Waals surface area contributed by atoms with Crippen LogP contribution in [0.2, 0.25) is 0 Å². The zero-order chi connectivity index (χ0) is 18.2. The lowest BCUT2D eigenvalue weighted by Crippen LogP contribution is -2.38. The Hall–Kier alpha value is -1.10. The molecular formula is C19H34O5. The first-order chi connectivity index (χ1) is 11.4. The molecule has 1 rings (SSSR count). The standard InChI is InChI=1S/C19H34O5/c1-5-15(14-9-7-8-10-14)16(17(21)24-12-11-20)13-19(3,6-2)18(22)23-4/h14-16,20H,5-13H2,1-4H3. The summed E-state index contributed by atoms with van der Waals surface area (Å²) in [5.41, 5.74) is -0.691. The van der Waals surface area contributed by atoms with Crippen LogP contribution in [-0.2, 0) is 19.1 Å². The summed E-state index contributed by atoms with van der Waals surface area (Å²) in [7, 11) is 1.39. The normalized spacial score (nSPS) is 20.2. The van der Waals surface area contributed by atoms with Gasteiger partial charge in [-0.2, -0.15) is 0 Å². The van der Waals surface area contributed by atoms with Crippen molar-refractivity contribution in [1.82, 2.24) is 0 Å². The molecule has 24 heavy (non-hydrogen) atoms. The van der Waals surface area contributed by atoms with Gasteiger partial charge in [-0.3, -0.25) is 9.59 Å². The van der Waals surface area contributed by atoms with E-state index in [-0.39, 0.29) is 37.0 Å². The molecule has 3 unspecified atom stereocenters. The predicted octanol–water partition coefficient (Wildman–Crippen LogP) is 3.33. The topological polar surface area (TPSA) is 72.8 Å². The number of rotatable bonds is 10. The number of aliphatic hydroxyl groups excluding tert-OH is 1. The van der Waals surface area contributed by atoms with Crippen molar-refractivity contribution in [3.05, 3.63) is 0 Å². The summed E-state index contributed by atoms with van der Waals surface area (Å²) in [5.74, 6) is -0.152. The van der Waals surface area contributed by atoms with Gasteiger partial charge in [0, 0.05) is 0 Å². The Morgan fingerprint density at radius 3 is 2.33 bits per heavy atom. The fourth-order valence-corrected chi connectivity index (χ4v) is 4.10. The first kappa shape index (κ1) is 20.9. The third-order valence-corrected chi connectivity index (χ3v) is 5.76. The van der Waals surface area contributed by atoms with Gasteiger partial charge in [-0.1, -0.05) is 46.0 Å². The average Bonchev–Trinajstić information content (AvgIpc) is 3.12. The van der Waals surface area contributed by atoms with Gasteiger partial charge in [0.1, 0.15) is 6.61 Å². The summed E-state index contributed by atoms with van der Waals surface area (Å²) in [6, 6.07) is 0. The molecule has 1 aliphatic carbocycles. The number of esters is 2. The number of methoxy groups -OCH3 is 1. The van der Waals surface area contributed by atoms with Crippen molar-refractivity contribution in [2.24, 2.45) is 23.2 Å². The molecule has 140 valence electrons. The number of carbonyl (C=O) groups is 2. The molecule has 5 nitrogen and oxygen atoms in total. The molecule has 0 aromatic rings. The van der Waals surface area contributed by atoms with Crippen molar-refractivity contribution >= 4 is 11.9 Å². The maximum Gasteiger partial charge on any atom is 0.311 e. The van der Waals surface area contributed by atoms with E-state index < -0.39 is 5.41 Å². The minimum atomic E-state index is -0.691. The van der Waals surface area contributed by atoms with Gasteiger partial charge >= 0.3 is 11.9 Å². The van der Waals surface area contributed by atoms with Crippen molar-refractivity contribution in [3.8, 4) is 0 Å². The van der Waals surface area contributed by atoms with Crippen LogP contribution >= 0.6 is 0 Å². The van der Waals surface area contributed by atoms with E-state index in [1.807, 2.05) is 13.8 Å². The molecule has 0 bridgehead atoms. The van der Waals surface area contributed by atoms with Crippen LogP contribution in [0.5, 0.6) is 0 Å². The Kier molecular flexibility index (Phi) is 8.74. The van der Waals surface area contributed by atoms with Gasteiger partial charge in [-0.15, -0.1) is 0 Å². The maximum atomic E-state index is 12.7. The first-order valence-electron chi connectivity index (χ1n) is 9.29. The van der Waals surface area contributed by atoms with E-state index in [0.717, 1.165) is 19.3 Å². The zero-order valence-electron chi connectivity index (χ0n) is 15.7. The van der Waals surface area contributed by atoms with E-state index >= 15 is 0 Å². The van der Waals surface area contributed by atoms with Crippen LogP contribution in [-0.4, -0.2) is 37.4 Å². The lowest BCUT2D eigenvalue weighted by Gasteiger charge is -2.35. The van der Waals surface area contributed by atoms with Crippen molar-refractivity contribution in [3.63, 3.8) is 0 Å². The lowest BCUT2D eigenvalue weighted by molar-refractivity contribution is -0.159. The fourth-order valence-electron chi connectivity index (χ4n) is 4.10. The predicted molar refractivity (Wildman–Crippen MR) is 92.3 cm³/mol. The van der Waals surface area contributed by atoms with E-state index in [9.17, 15) is 9.59 Å². The van der Waals surface area contributed by atoms with Crippen LogP contribution in [0.1, 0.15) is 65.7 Å². The molecule has 0 aromatic carbocycles. The highest BCUT2D eigenvalue weighted by Gasteiger charge is 2.43. The monoisotopic (exact) mass is 342 g/mol. The van der Waals surface area contributed by atoms with Gasteiger partial charge in [0.05, 0.1) is 25.0 Å². The Balaban J connectivity index is 3.02. The molecule has 3 atom stereocenters. The molecule has 0 radical (unpaired) electrons. The van der Waals surface area contributed by atoms with Gasteiger partial charge in [0.25, 0.3) is 0 Å². The molecule has 0 aromatic heterocycles. The smallest absolute Gasteiger partial charge is 0.311 e. The maximum absolute atomic E-state index is 12.7. The Morgan fingerprint density at radius 1 is 1.25 bits per heavy atom. The van der Waals surface area contributed by atoms with Crippen molar-refractivity contribution in [2.75, 3.05) is 20.3 Å². The largest absolute Gasteiger partial charge is 0.469 e. The van der Waals surface area contributed by atoms with Crippen LogP contribution in [0.3, 0.4) is 0 Å².